The van der Waals surface area contributed by atoms with Crippen LogP contribution in [0.25, 0.3) is 10.9 Å². The summed E-state index contributed by atoms with van der Waals surface area (Å²) in [7, 11) is 0. The molecule has 0 spiro atoms. The van der Waals surface area contributed by atoms with Crippen LogP contribution in [0.3, 0.4) is 0 Å². The number of hydrogen-bond donors (Lipinski definition) is 3. The minimum absolute atomic E-state index is 0.114. The Labute approximate surface area is 208 Å². The van der Waals surface area contributed by atoms with Gasteiger partial charge in [0.15, 0.2) is 5.01 Å². The van der Waals surface area contributed by atoms with E-state index in [1.54, 1.807) is 6.07 Å². The monoisotopic (exact) mass is 499 g/mol. The van der Waals surface area contributed by atoms with Crippen LogP contribution in [0, 0.1) is 0 Å². The third kappa shape index (κ3) is 4.85. The molecule has 9 heteroatoms. The summed E-state index contributed by atoms with van der Waals surface area (Å²) in [6, 6.07) is 7.56. The molecule has 180 valence electrons. The largest absolute Gasteiger partial charge is 0.351 e. The number of rotatable bonds is 5. The number of amides is 2. The molecule has 3 heterocycles. The third-order valence-electron chi connectivity index (χ3n) is 6.91. The average molecular weight is 500 g/mol. The van der Waals surface area contributed by atoms with Crippen molar-refractivity contribution in [1.29, 1.82) is 0 Å². The van der Waals surface area contributed by atoms with Crippen LogP contribution < -0.4 is 10.6 Å². The van der Waals surface area contributed by atoms with Gasteiger partial charge in [0.2, 0.25) is 0 Å². The number of carbonyl (C=O) groups is 2. The van der Waals surface area contributed by atoms with E-state index in [4.69, 9.17) is 11.6 Å². The minimum Gasteiger partial charge on any atom is -0.351 e. The van der Waals surface area contributed by atoms with Gasteiger partial charge in [-0.15, -0.1) is 11.3 Å². The Hall–Kier alpha value is -2.42. The molecular formula is C25H30ClN5O2S. The minimum atomic E-state index is -0.169. The van der Waals surface area contributed by atoms with Gasteiger partial charge in [-0.3, -0.25) is 14.5 Å². The van der Waals surface area contributed by atoms with Gasteiger partial charge in [-0.1, -0.05) is 24.4 Å². The highest BCUT2D eigenvalue weighted by atomic mass is 35.5. The summed E-state index contributed by atoms with van der Waals surface area (Å²) in [6.07, 6.45) is 4.61. The smallest absolute Gasteiger partial charge is 0.280 e. The van der Waals surface area contributed by atoms with Crippen LogP contribution in [0.1, 0.15) is 70.4 Å². The lowest BCUT2D eigenvalue weighted by molar-refractivity contribution is 0.0860. The zero-order valence-corrected chi connectivity index (χ0v) is 21.1. The Morgan fingerprint density at radius 3 is 2.62 bits per heavy atom. The van der Waals surface area contributed by atoms with E-state index in [1.807, 2.05) is 18.2 Å². The maximum absolute atomic E-state index is 13.1. The Morgan fingerprint density at radius 1 is 1.15 bits per heavy atom. The molecule has 0 bridgehead atoms. The van der Waals surface area contributed by atoms with E-state index in [9.17, 15) is 9.59 Å². The van der Waals surface area contributed by atoms with Crippen molar-refractivity contribution >= 4 is 45.7 Å². The van der Waals surface area contributed by atoms with E-state index < -0.39 is 0 Å². The first-order chi connectivity index (χ1) is 16.4. The molecule has 1 saturated carbocycles. The molecule has 5 rings (SSSR count). The zero-order chi connectivity index (χ0) is 23.8. The summed E-state index contributed by atoms with van der Waals surface area (Å²) in [5.41, 5.74) is 2.42. The molecule has 2 atom stereocenters. The SMILES string of the molecule is CC(C)N1CCc2nc(C(=O)N[C@@H]3CCCC[C@@H]3NC(=O)c3cc4cc(Cl)ccc4[nH]3)sc2C1. The highest BCUT2D eigenvalue weighted by molar-refractivity contribution is 7.13. The van der Waals surface area contributed by atoms with E-state index in [1.165, 1.54) is 16.2 Å². The van der Waals surface area contributed by atoms with Crippen LogP contribution in [0.5, 0.6) is 0 Å². The van der Waals surface area contributed by atoms with Crippen molar-refractivity contribution in [2.45, 2.75) is 70.6 Å². The van der Waals surface area contributed by atoms with Gasteiger partial charge in [-0.05, 0) is 51.0 Å². The third-order valence-corrected chi connectivity index (χ3v) is 8.23. The lowest BCUT2D eigenvalue weighted by atomic mass is 9.90. The predicted octanol–water partition coefficient (Wildman–Crippen LogP) is 4.52. The van der Waals surface area contributed by atoms with E-state index in [0.29, 0.717) is 21.8 Å². The molecule has 3 aromatic rings. The lowest BCUT2D eigenvalue weighted by Gasteiger charge is -2.32. The van der Waals surface area contributed by atoms with Crippen molar-refractivity contribution < 1.29 is 9.59 Å². The molecule has 2 aromatic heterocycles. The van der Waals surface area contributed by atoms with Gasteiger partial charge in [0, 0.05) is 58.4 Å². The van der Waals surface area contributed by atoms with E-state index in [-0.39, 0.29) is 23.9 Å². The van der Waals surface area contributed by atoms with Crippen LogP contribution in [0.2, 0.25) is 5.02 Å². The van der Waals surface area contributed by atoms with Gasteiger partial charge in [0.05, 0.1) is 5.69 Å². The van der Waals surface area contributed by atoms with E-state index in [0.717, 1.165) is 61.8 Å². The number of hydrogen-bond acceptors (Lipinski definition) is 5. The van der Waals surface area contributed by atoms with Gasteiger partial charge in [0.25, 0.3) is 11.8 Å². The molecule has 1 aromatic carbocycles. The van der Waals surface area contributed by atoms with Crippen LogP contribution in [-0.4, -0.2) is 51.4 Å². The number of thiazole rings is 1. The number of halogens is 1. The Balaban J connectivity index is 1.26. The van der Waals surface area contributed by atoms with Gasteiger partial charge in [0.1, 0.15) is 5.69 Å². The van der Waals surface area contributed by atoms with Crippen molar-refractivity contribution in [2.75, 3.05) is 6.54 Å². The maximum atomic E-state index is 13.1. The number of aromatic amines is 1. The fraction of sp³-hybridized carbons (Fsp3) is 0.480. The van der Waals surface area contributed by atoms with Crippen molar-refractivity contribution in [3.63, 3.8) is 0 Å². The molecule has 3 N–H and O–H groups in total. The topological polar surface area (TPSA) is 90.1 Å². The number of carbonyl (C=O) groups excluding carboxylic acids is 2. The fourth-order valence-corrected chi connectivity index (χ4v) is 6.15. The molecule has 2 amide bonds. The van der Waals surface area contributed by atoms with Crippen LogP contribution >= 0.6 is 22.9 Å². The Morgan fingerprint density at radius 2 is 1.88 bits per heavy atom. The first kappa shape index (κ1) is 23.3. The Kier molecular flexibility index (Phi) is 6.64. The van der Waals surface area contributed by atoms with Crippen molar-refractivity contribution in [3.8, 4) is 0 Å². The Bertz CT molecular complexity index is 1220. The molecule has 0 radical (unpaired) electrons. The van der Waals surface area contributed by atoms with Crippen LogP contribution in [0.4, 0.5) is 0 Å². The molecule has 1 fully saturated rings. The van der Waals surface area contributed by atoms with Gasteiger partial charge >= 0.3 is 0 Å². The summed E-state index contributed by atoms with van der Waals surface area (Å²) in [5, 5.41) is 8.37. The summed E-state index contributed by atoms with van der Waals surface area (Å²) < 4.78 is 0. The van der Waals surface area contributed by atoms with E-state index >= 15 is 0 Å². The second-order valence-electron chi connectivity index (χ2n) is 9.56. The van der Waals surface area contributed by atoms with Gasteiger partial charge < -0.3 is 15.6 Å². The van der Waals surface area contributed by atoms with E-state index in [2.05, 4.69) is 39.3 Å². The quantitative estimate of drug-likeness (QED) is 0.481. The summed E-state index contributed by atoms with van der Waals surface area (Å²) in [4.78, 5) is 37.5. The molecular weight excluding hydrogens is 470 g/mol. The highest BCUT2D eigenvalue weighted by Crippen LogP contribution is 2.27. The molecule has 7 nitrogen and oxygen atoms in total. The molecule has 2 aliphatic rings. The molecule has 0 saturated heterocycles. The lowest BCUT2D eigenvalue weighted by Crippen LogP contribution is -2.53. The van der Waals surface area contributed by atoms with Crippen molar-refractivity contribution in [3.05, 3.63) is 50.6 Å². The molecule has 0 unspecified atom stereocenters. The number of benzene rings is 1. The average Bonchev–Trinajstić information content (AvgIpc) is 3.43. The second kappa shape index (κ2) is 9.68. The van der Waals surface area contributed by atoms with Crippen LogP contribution in [-0.2, 0) is 13.0 Å². The first-order valence-electron chi connectivity index (χ1n) is 12.0. The summed E-state index contributed by atoms with van der Waals surface area (Å²) in [5.74, 6) is -0.307. The molecule has 1 aliphatic heterocycles. The second-order valence-corrected chi connectivity index (χ2v) is 11.1. The standard InChI is InChI=1S/C25H30ClN5O2S/c1-14(2)31-10-9-20-22(13-31)34-25(30-20)24(33)29-19-6-4-3-5-18(19)28-23(32)21-12-15-11-16(26)7-8-17(15)27-21/h7-8,11-12,14,18-19,27H,3-6,9-10,13H2,1-2H3,(H,28,32)(H,29,33)/t18-,19+/m0/s1. The van der Waals surface area contributed by atoms with Crippen molar-refractivity contribution in [2.24, 2.45) is 0 Å². The normalized spacial score (nSPS) is 20.9. The number of aromatic nitrogens is 2. The zero-order valence-electron chi connectivity index (χ0n) is 19.5. The van der Waals surface area contributed by atoms with Crippen LogP contribution in [0.15, 0.2) is 24.3 Å². The molecule has 34 heavy (non-hydrogen) atoms. The number of H-pyrrole nitrogens is 1. The van der Waals surface area contributed by atoms with Gasteiger partial charge in [-0.25, -0.2) is 4.98 Å². The highest BCUT2D eigenvalue weighted by Gasteiger charge is 2.30. The maximum Gasteiger partial charge on any atom is 0.280 e. The number of nitrogens with one attached hydrogen (secondary N) is 3. The number of fused-ring (bicyclic) bond motifs is 2. The number of nitrogens with zero attached hydrogens (tertiary/aromatic N) is 2. The van der Waals surface area contributed by atoms with Gasteiger partial charge in [-0.2, -0.15) is 0 Å². The molecule has 1 aliphatic carbocycles. The summed E-state index contributed by atoms with van der Waals surface area (Å²) >= 11 is 7.57. The first-order valence-corrected chi connectivity index (χ1v) is 13.2. The van der Waals surface area contributed by atoms with Crippen molar-refractivity contribution in [1.82, 2.24) is 25.5 Å². The predicted molar refractivity (Wildman–Crippen MR) is 136 cm³/mol. The summed E-state index contributed by atoms with van der Waals surface area (Å²) in [6.45, 7) is 6.23. The fourth-order valence-electron chi connectivity index (χ4n) is 4.93.